The minimum absolute atomic E-state index is 0.106. The predicted molar refractivity (Wildman–Crippen MR) is 81.2 cm³/mol. The molecule has 1 atom stereocenters. The van der Waals surface area contributed by atoms with Gasteiger partial charge in [0.25, 0.3) is 0 Å². The van der Waals surface area contributed by atoms with Crippen LogP contribution in [0.3, 0.4) is 0 Å². The molecule has 0 saturated heterocycles. The van der Waals surface area contributed by atoms with Crippen LogP contribution >= 0.6 is 27.5 Å². The van der Waals surface area contributed by atoms with E-state index in [0.717, 1.165) is 10.5 Å². The molecule has 0 aliphatic heterocycles. The van der Waals surface area contributed by atoms with Gasteiger partial charge in [0.1, 0.15) is 5.82 Å². The van der Waals surface area contributed by atoms with Gasteiger partial charge in [-0.15, -0.1) is 0 Å². The number of ketones is 1. The molecule has 2 aromatic rings. The summed E-state index contributed by atoms with van der Waals surface area (Å²) in [5.74, 6) is -0.992. The third-order valence-corrected chi connectivity index (χ3v) is 4.65. The van der Waals surface area contributed by atoms with E-state index in [0.29, 0.717) is 10.5 Å². The summed E-state index contributed by atoms with van der Waals surface area (Å²) in [6, 6.07) is 10.6. The molecule has 0 N–H and O–H groups in total. The van der Waals surface area contributed by atoms with E-state index in [1.165, 1.54) is 12.1 Å². The number of hydrogen-bond acceptors (Lipinski definition) is 2. The normalized spacial score (nSPS) is 12.2. The number of benzene rings is 2. The smallest absolute Gasteiger partial charge is 0.175 e. The number of carbonyl (C=O) groups excluding carboxylic acids is 1. The third-order valence-electron chi connectivity index (χ3n) is 2.56. The zero-order valence-corrected chi connectivity index (χ0v) is 13.3. The molecule has 20 heavy (non-hydrogen) atoms. The lowest BCUT2D eigenvalue weighted by atomic mass is 10.2. The summed E-state index contributed by atoms with van der Waals surface area (Å²) in [6.07, 6.45) is 0. The molecule has 0 aliphatic carbocycles. The molecular formula is C14H9BrClFO2S. The van der Waals surface area contributed by atoms with Crippen LogP contribution in [0.2, 0.25) is 5.02 Å². The predicted octanol–water partition coefficient (Wildman–Crippen LogP) is 4.23. The van der Waals surface area contributed by atoms with Crippen molar-refractivity contribution in [1.29, 1.82) is 0 Å². The van der Waals surface area contributed by atoms with Crippen molar-refractivity contribution in [1.82, 2.24) is 0 Å². The Morgan fingerprint density at radius 2 is 2.00 bits per heavy atom. The van der Waals surface area contributed by atoms with Crippen LogP contribution < -0.4 is 0 Å². The summed E-state index contributed by atoms with van der Waals surface area (Å²) < 4.78 is 25.9. The molecule has 104 valence electrons. The van der Waals surface area contributed by atoms with Crippen molar-refractivity contribution < 1.29 is 13.4 Å². The molecule has 0 radical (unpaired) electrons. The van der Waals surface area contributed by atoms with Gasteiger partial charge in [-0.25, -0.2) is 4.39 Å². The molecule has 0 amide bonds. The van der Waals surface area contributed by atoms with Crippen LogP contribution in [-0.2, 0) is 10.8 Å². The van der Waals surface area contributed by atoms with Gasteiger partial charge in [-0.2, -0.15) is 0 Å². The van der Waals surface area contributed by atoms with Crippen LogP contribution in [-0.4, -0.2) is 15.7 Å². The summed E-state index contributed by atoms with van der Waals surface area (Å²) in [7, 11) is -1.56. The number of halogens is 3. The molecular weight excluding hydrogens is 367 g/mol. The molecule has 1 unspecified atom stereocenters. The highest BCUT2D eigenvalue weighted by atomic mass is 79.9. The average molecular weight is 376 g/mol. The molecule has 0 saturated carbocycles. The van der Waals surface area contributed by atoms with E-state index in [2.05, 4.69) is 15.9 Å². The maximum atomic E-state index is 13.0. The van der Waals surface area contributed by atoms with Crippen LogP contribution in [0.4, 0.5) is 4.39 Å². The highest BCUT2D eigenvalue weighted by Crippen LogP contribution is 2.19. The first-order chi connectivity index (χ1) is 9.47. The van der Waals surface area contributed by atoms with Gasteiger partial charge in [-0.3, -0.25) is 9.00 Å². The van der Waals surface area contributed by atoms with Crippen molar-refractivity contribution in [2.24, 2.45) is 0 Å². The molecule has 0 spiro atoms. The molecule has 0 bridgehead atoms. The Labute approximate surface area is 131 Å². The molecule has 0 fully saturated rings. The molecule has 0 aromatic heterocycles. The second kappa shape index (κ2) is 6.61. The Morgan fingerprint density at radius 1 is 1.25 bits per heavy atom. The topological polar surface area (TPSA) is 34.1 Å². The van der Waals surface area contributed by atoms with Gasteiger partial charge >= 0.3 is 0 Å². The Balaban J connectivity index is 2.15. The van der Waals surface area contributed by atoms with Crippen LogP contribution in [0.1, 0.15) is 10.4 Å². The van der Waals surface area contributed by atoms with E-state index < -0.39 is 16.6 Å². The minimum atomic E-state index is -1.56. The lowest BCUT2D eigenvalue weighted by Gasteiger charge is -2.04. The van der Waals surface area contributed by atoms with E-state index in [-0.39, 0.29) is 16.6 Å². The number of hydrogen-bond donors (Lipinski definition) is 0. The average Bonchev–Trinajstić information content (AvgIpc) is 2.41. The SMILES string of the molecule is O=C(CS(=O)c1ccc(F)c(Cl)c1)c1cccc(Br)c1. The maximum Gasteiger partial charge on any atom is 0.175 e. The van der Waals surface area contributed by atoms with Crippen molar-refractivity contribution in [3.8, 4) is 0 Å². The maximum absolute atomic E-state index is 13.0. The van der Waals surface area contributed by atoms with Gasteiger partial charge in [0, 0.05) is 14.9 Å². The van der Waals surface area contributed by atoms with Crippen molar-refractivity contribution in [3.05, 3.63) is 63.3 Å². The van der Waals surface area contributed by atoms with Crippen molar-refractivity contribution in [3.63, 3.8) is 0 Å². The largest absolute Gasteiger partial charge is 0.293 e. The Hall–Kier alpha value is -1.04. The van der Waals surface area contributed by atoms with E-state index in [9.17, 15) is 13.4 Å². The second-order valence-corrected chi connectivity index (χ2v) is 6.77. The van der Waals surface area contributed by atoms with Crippen LogP contribution in [0.25, 0.3) is 0 Å². The van der Waals surface area contributed by atoms with Gasteiger partial charge in [-0.1, -0.05) is 39.7 Å². The summed E-state index contributed by atoms with van der Waals surface area (Å²) in [4.78, 5) is 12.3. The van der Waals surface area contributed by atoms with Crippen LogP contribution in [0.15, 0.2) is 51.8 Å². The molecule has 0 heterocycles. The first-order valence-electron chi connectivity index (χ1n) is 5.59. The lowest BCUT2D eigenvalue weighted by Crippen LogP contribution is -2.11. The van der Waals surface area contributed by atoms with Crippen molar-refractivity contribution in [2.75, 3.05) is 5.75 Å². The fourth-order valence-electron chi connectivity index (χ4n) is 1.57. The van der Waals surface area contributed by atoms with Crippen molar-refractivity contribution >= 4 is 44.1 Å². The lowest BCUT2D eigenvalue weighted by molar-refractivity contribution is 0.102. The summed E-state index contributed by atoms with van der Waals surface area (Å²) in [5.41, 5.74) is 0.473. The number of Topliss-reactive ketones (excluding diaryl/α,β-unsaturated/α-hetero) is 1. The van der Waals surface area contributed by atoms with Crippen LogP contribution in [0, 0.1) is 5.82 Å². The molecule has 2 aromatic carbocycles. The van der Waals surface area contributed by atoms with Crippen molar-refractivity contribution in [2.45, 2.75) is 4.90 Å². The molecule has 6 heteroatoms. The Morgan fingerprint density at radius 3 is 2.65 bits per heavy atom. The van der Waals surface area contributed by atoms with E-state index in [4.69, 9.17) is 11.6 Å². The van der Waals surface area contributed by atoms with E-state index in [1.807, 2.05) is 0 Å². The highest BCUT2D eigenvalue weighted by molar-refractivity contribution is 9.10. The minimum Gasteiger partial charge on any atom is -0.293 e. The first kappa shape index (κ1) is 15.4. The second-order valence-electron chi connectivity index (χ2n) is 4.00. The molecule has 0 aliphatic rings. The molecule has 2 nitrogen and oxygen atoms in total. The zero-order chi connectivity index (χ0) is 14.7. The number of rotatable bonds is 4. The first-order valence-corrected chi connectivity index (χ1v) is 8.08. The quantitative estimate of drug-likeness (QED) is 0.749. The Kier molecular flexibility index (Phi) is 5.07. The monoisotopic (exact) mass is 374 g/mol. The van der Waals surface area contributed by atoms with Gasteiger partial charge in [0.05, 0.1) is 21.6 Å². The third kappa shape index (κ3) is 3.75. The fraction of sp³-hybridized carbons (Fsp3) is 0.0714. The van der Waals surface area contributed by atoms with Crippen LogP contribution in [0.5, 0.6) is 0 Å². The van der Waals surface area contributed by atoms with Gasteiger partial charge in [0.15, 0.2) is 5.78 Å². The van der Waals surface area contributed by atoms with E-state index in [1.54, 1.807) is 24.3 Å². The molecule has 2 rings (SSSR count). The van der Waals surface area contributed by atoms with Gasteiger partial charge in [-0.05, 0) is 30.3 Å². The summed E-state index contributed by atoms with van der Waals surface area (Å²) in [5, 5.41) is -0.106. The number of carbonyl (C=O) groups is 1. The van der Waals surface area contributed by atoms with Gasteiger partial charge < -0.3 is 0 Å². The van der Waals surface area contributed by atoms with Gasteiger partial charge in [0.2, 0.25) is 0 Å². The summed E-state index contributed by atoms with van der Waals surface area (Å²) >= 11 is 8.90. The zero-order valence-electron chi connectivity index (χ0n) is 10.1. The fourth-order valence-corrected chi connectivity index (χ4v) is 3.25. The van der Waals surface area contributed by atoms with E-state index >= 15 is 0 Å². The standard InChI is InChI=1S/C14H9BrClFO2S/c15-10-3-1-2-9(6-10)14(18)8-20(19)11-4-5-13(17)12(16)7-11/h1-7H,8H2. The summed E-state index contributed by atoms with van der Waals surface area (Å²) in [6.45, 7) is 0. The highest BCUT2D eigenvalue weighted by Gasteiger charge is 2.14. The Bertz CT molecular complexity index is 691.